The van der Waals surface area contributed by atoms with E-state index in [0.29, 0.717) is 22.8 Å². The van der Waals surface area contributed by atoms with Crippen molar-refractivity contribution in [1.82, 2.24) is 9.78 Å². The average Bonchev–Trinajstić information content (AvgIpc) is 2.67. The van der Waals surface area contributed by atoms with E-state index in [1.165, 1.54) is 7.05 Å². The van der Waals surface area contributed by atoms with Gasteiger partial charge in [0.15, 0.2) is 11.5 Å². The van der Waals surface area contributed by atoms with Crippen molar-refractivity contribution in [3.05, 3.63) is 69.1 Å². The van der Waals surface area contributed by atoms with Crippen LogP contribution in [-0.4, -0.2) is 21.5 Å². The minimum Gasteiger partial charge on any atom is -0.421 e. The maximum atomic E-state index is 12.9. The molecule has 6 heteroatoms. The number of hydrogen-bond donors (Lipinski definition) is 0. The summed E-state index contributed by atoms with van der Waals surface area (Å²) >= 11 is 0. The quantitative estimate of drug-likeness (QED) is 0.517. The molecule has 27 heavy (non-hydrogen) atoms. The number of carbonyl (C=O) groups excluding carboxylic acids is 2. The van der Waals surface area contributed by atoms with Gasteiger partial charge in [0.1, 0.15) is 5.75 Å². The number of aromatic nitrogens is 2. The fourth-order valence-corrected chi connectivity index (χ4v) is 3.59. The Hall–Kier alpha value is -3.28. The van der Waals surface area contributed by atoms with E-state index in [9.17, 15) is 14.4 Å². The fourth-order valence-electron chi connectivity index (χ4n) is 3.59. The number of aryl methyl sites for hydroxylation is 2. The Morgan fingerprint density at radius 3 is 2.59 bits per heavy atom. The van der Waals surface area contributed by atoms with E-state index in [2.05, 4.69) is 5.10 Å². The van der Waals surface area contributed by atoms with Crippen LogP contribution in [0, 0.1) is 6.92 Å². The highest BCUT2D eigenvalue weighted by Crippen LogP contribution is 2.32. The molecule has 1 heterocycles. The van der Waals surface area contributed by atoms with Gasteiger partial charge in [0.05, 0.1) is 10.9 Å². The SMILES string of the molecule is Cc1ccc(OC(=O)c2nn(C)c(=O)c3ccccc23)c2c1CCCC2=O. The van der Waals surface area contributed by atoms with Crippen molar-refractivity contribution < 1.29 is 14.3 Å². The molecule has 1 aromatic heterocycles. The molecule has 0 aliphatic heterocycles. The van der Waals surface area contributed by atoms with Crippen molar-refractivity contribution in [1.29, 1.82) is 0 Å². The number of hydrogen-bond acceptors (Lipinski definition) is 5. The number of rotatable bonds is 2. The summed E-state index contributed by atoms with van der Waals surface area (Å²) in [6, 6.07) is 10.3. The standard InChI is InChI=1S/C21H18N2O4/c1-12-10-11-17(18-13(12)8-5-9-16(18)24)27-21(26)19-14-6-3-4-7-15(14)20(25)23(2)22-19/h3-4,6-7,10-11H,5,8-9H2,1-2H3. The van der Waals surface area contributed by atoms with Gasteiger partial charge in [0.25, 0.3) is 5.56 Å². The third-order valence-electron chi connectivity index (χ3n) is 4.97. The highest BCUT2D eigenvalue weighted by atomic mass is 16.5. The lowest BCUT2D eigenvalue weighted by Crippen LogP contribution is -2.25. The lowest BCUT2D eigenvalue weighted by Gasteiger charge is -2.20. The molecule has 0 bridgehead atoms. The first-order chi connectivity index (χ1) is 13.0. The molecule has 0 fully saturated rings. The third kappa shape index (κ3) is 2.83. The number of nitrogens with zero attached hydrogens (tertiary/aromatic N) is 2. The van der Waals surface area contributed by atoms with Gasteiger partial charge in [-0.2, -0.15) is 5.10 Å². The van der Waals surface area contributed by atoms with Crippen LogP contribution in [0.4, 0.5) is 0 Å². The number of ketones is 1. The molecular weight excluding hydrogens is 344 g/mol. The Labute approximate surface area is 155 Å². The molecular formula is C21H18N2O4. The summed E-state index contributed by atoms with van der Waals surface area (Å²) in [6.07, 6.45) is 2.04. The van der Waals surface area contributed by atoms with E-state index < -0.39 is 5.97 Å². The Morgan fingerprint density at radius 1 is 1.07 bits per heavy atom. The minimum absolute atomic E-state index is 0.0129. The number of Topliss-reactive ketones (excluding diaryl/α,β-unsaturated/α-hetero) is 1. The molecule has 0 radical (unpaired) electrons. The maximum absolute atomic E-state index is 12.9. The lowest BCUT2D eigenvalue weighted by atomic mass is 9.87. The van der Waals surface area contributed by atoms with Crippen molar-refractivity contribution in [2.45, 2.75) is 26.2 Å². The van der Waals surface area contributed by atoms with Gasteiger partial charge in [0.2, 0.25) is 0 Å². The molecule has 6 nitrogen and oxygen atoms in total. The highest BCUT2D eigenvalue weighted by Gasteiger charge is 2.26. The molecule has 0 saturated heterocycles. The van der Waals surface area contributed by atoms with Gasteiger partial charge < -0.3 is 4.74 Å². The van der Waals surface area contributed by atoms with E-state index in [0.717, 1.165) is 28.7 Å². The van der Waals surface area contributed by atoms with E-state index in [-0.39, 0.29) is 22.8 Å². The fraction of sp³-hybridized carbons (Fsp3) is 0.238. The summed E-state index contributed by atoms with van der Waals surface area (Å²) < 4.78 is 6.71. The smallest absolute Gasteiger partial charge is 0.364 e. The molecule has 0 N–H and O–H groups in total. The van der Waals surface area contributed by atoms with Gasteiger partial charge in [-0.25, -0.2) is 9.48 Å². The molecule has 3 aromatic rings. The zero-order valence-corrected chi connectivity index (χ0v) is 15.1. The van der Waals surface area contributed by atoms with E-state index in [1.807, 2.05) is 13.0 Å². The van der Waals surface area contributed by atoms with Crippen molar-refractivity contribution in [3.63, 3.8) is 0 Å². The molecule has 1 aliphatic rings. The van der Waals surface area contributed by atoms with Crippen molar-refractivity contribution in [3.8, 4) is 5.75 Å². The number of carbonyl (C=O) groups is 2. The molecule has 4 rings (SSSR count). The molecule has 0 saturated carbocycles. The largest absolute Gasteiger partial charge is 0.421 e. The van der Waals surface area contributed by atoms with Gasteiger partial charge >= 0.3 is 5.97 Å². The normalized spacial score (nSPS) is 13.5. The second kappa shape index (κ2) is 6.46. The van der Waals surface area contributed by atoms with Crippen LogP contribution in [-0.2, 0) is 13.5 Å². The van der Waals surface area contributed by atoms with E-state index in [1.54, 1.807) is 30.3 Å². The second-order valence-electron chi connectivity index (χ2n) is 6.72. The molecule has 0 amide bonds. The van der Waals surface area contributed by atoms with E-state index in [4.69, 9.17) is 4.74 Å². The Balaban J connectivity index is 1.81. The second-order valence-corrected chi connectivity index (χ2v) is 6.72. The zero-order chi connectivity index (χ0) is 19.1. The highest BCUT2D eigenvalue weighted by molar-refractivity contribution is 6.05. The predicted octanol–water partition coefficient (Wildman–Crippen LogP) is 2.98. The van der Waals surface area contributed by atoms with Crippen LogP contribution in [0.2, 0.25) is 0 Å². The number of esters is 1. The predicted molar refractivity (Wildman–Crippen MR) is 100 cm³/mol. The minimum atomic E-state index is -0.689. The molecule has 2 aromatic carbocycles. The first kappa shape index (κ1) is 17.1. The summed E-state index contributed by atoms with van der Waals surface area (Å²) in [5.74, 6) is -0.447. The van der Waals surface area contributed by atoms with E-state index >= 15 is 0 Å². The van der Waals surface area contributed by atoms with Gasteiger partial charge in [-0.1, -0.05) is 24.3 Å². The van der Waals surface area contributed by atoms with Gasteiger partial charge in [-0.05, 0) is 43.0 Å². The molecule has 1 aliphatic carbocycles. The summed E-state index contributed by atoms with van der Waals surface area (Å²) in [7, 11) is 1.49. The number of fused-ring (bicyclic) bond motifs is 2. The van der Waals surface area contributed by atoms with Crippen LogP contribution in [0.15, 0.2) is 41.2 Å². The Kier molecular flexibility index (Phi) is 4.11. The average molecular weight is 362 g/mol. The Morgan fingerprint density at radius 2 is 1.81 bits per heavy atom. The van der Waals surface area contributed by atoms with Crippen molar-refractivity contribution in [2.75, 3.05) is 0 Å². The molecule has 0 atom stereocenters. The number of ether oxygens (including phenoxy) is 1. The zero-order valence-electron chi connectivity index (χ0n) is 15.1. The van der Waals surface area contributed by atoms with Crippen molar-refractivity contribution >= 4 is 22.5 Å². The topological polar surface area (TPSA) is 78.3 Å². The summed E-state index contributed by atoms with van der Waals surface area (Å²) in [4.78, 5) is 37.5. The van der Waals surface area contributed by atoms with Gasteiger partial charge in [0, 0.05) is 18.9 Å². The van der Waals surface area contributed by atoms with Crippen LogP contribution in [0.1, 0.15) is 44.8 Å². The molecule has 0 spiro atoms. The lowest BCUT2D eigenvalue weighted by molar-refractivity contribution is 0.0725. The monoisotopic (exact) mass is 362 g/mol. The number of benzene rings is 2. The van der Waals surface area contributed by atoms with Gasteiger partial charge in [-0.3, -0.25) is 9.59 Å². The van der Waals surface area contributed by atoms with Crippen LogP contribution in [0.3, 0.4) is 0 Å². The third-order valence-corrected chi connectivity index (χ3v) is 4.97. The van der Waals surface area contributed by atoms with Crippen LogP contribution in [0.5, 0.6) is 5.75 Å². The van der Waals surface area contributed by atoms with Crippen molar-refractivity contribution in [2.24, 2.45) is 7.05 Å². The van der Waals surface area contributed by atoms with Crippen LogP contribution < -0.4 is 10.3 Å². The summed E-state index contributed by atoms with van der Waals surface area (Å²) in [5.41, 5.74) is 2.21. The summed E-state index contributed by atoms with van der Waals surface area (Å²) in [6.45, 7) is 1.95. The van der Waals surface area contributed by atoms with Crippen LogP contribution in [0.25, 0.3) is 10.8 Å². The first-order valence-electron chi connectivity index (χ1n) is 8.81. The summed E-state index contributed by atoms with van der Waals surface area (Å²) in [5, 5.41) is 4.91. The van der Waals surface area contributed by atoms with Crippen LogP contribution >= 0.6 is 0 Å². The maximum Gasteiger partial charge on any atom is 0.364 e. The van der Waals surface area contributed by atoms with Gasteiger partial charge in [-0.15, -0.1) is 0 Å². The molecule has 136 valence electrons. The molecule has 0 unspecified atom stereocenters. The Bertz CT molecular complexity index is 1160. The first-order valence-corrected chi connectivity index (χ1v) is 8.81.